The molecule has 4 rings (SSSR count). The van der Waals surface area contributed by atoms with Crippen LogP contribution in [0.15, 0.2) is 36.9 Å². The third-order valence-electron chi connectivity index (χ3n) is 5.77. The number of nitrogens with zero attached hydrogens (tertiary/aromatic N) is 5. The summed E-state index contributed by atoms with van der Waals surface area (Å²) < 4.78 is 40.4. The van der Waals surface area contributed by atoms with Crippen molar-refractivity contribution in [2.45, 2.75) is 25.6 Å². The molecule has 1 fully saturated rings. The van der Waals surface area contributed by atoms with Crippen LogP contribution in [0, 0.1) is 5.41 Å². The molecule has 1 aliphatic heterocycles. The van der Waals surface area contributed by atoms with Crippen molar-refractivity contribution in [2.75, 3.05) is 26.3 Å². The molecule has 3 aromatic heterocycles. The van der Waals surface area contributed by atoms with Crippen LogP contribution in [-0.2, 0) is 12.7 Å². The van der Waals surface area contributed by atoms with E-state index >= 15 is 0 Å². The lowest BCUT2D eigenvalue weighted by Gasteiger charge is -2.39. The lowest BCUT2D eigenvalue weighted by Crippen LogP contribution is -2.43. The van der Waals surface area contributed by atoms with Gasteiger partial charge in [-0.2, -0.15) is 18.3 Å². The number of aliphatic hydroxyl groups is 2. The molecule has 1 saturated heterocycles. The van der Waals surface area contributed by atoms with Crippen LogP contribution in [0.5, 0.6) is 0 Å². The van der Waals surface area contributed by atoms with Crippen LogP contribution in [-0.4, -0.2) is 61.0 Å². The van der Waals surface area contributed by atoms with Crippen molar-refractivity contribution in [3.63, 3.8) is 0 Å². The summed E-state index contributed by atoms with van der Waals surface area (Å²) in [4.78, 5) is 10.0. The third-order valence-corrected chi connectivity index (χ3v) is 5.77. The molecule has 0 saturated carbocycles. The Balaban J connectivity index is 1.52. The largest absolute Gasteiger partial charge is 0.433 e. The predicted molar refractivity (Wildman–Crippen MR) is 102 cm³/mol. The molecule has 0 aliphatic carbocycles. The second-order valence-corrected chi connectivity index (χ2v) is 7.81. The quantitative estimate of drug-likeness (QED) is 0.658. The van der Waals surface area contributed by atoms with Crippen LogP contribution in [0.4, 0.5) is 13.2 Å². The molecule has 3 aromatic rings. The highest BCUT2D eigenvalue weighted by atomic mass is 19.4. The number of aromatic nitrogens is 4. The molecule has 2 N–H and O–H groups in total. The van der Waals surface area contributed by atoms with E-state index in [0.717, 1.165) is 30.9 Å². The monoisotopic (exact) mass is 421 g/mol. The second-order valence-electron chi connectivity index (χ2n) is 7.81. The summed E-state index contributed by atoms with van der Waals surface area (Å²) in [5, 5.41) is 23.3. The van der Waals surface area contributed by atoms with E-state index in [1.54, 1.807) is 10.7 Å². The highest BCUT2D eigenvalue weighted by Crippen LogP contribution is 2.32. The van der Waals surface area contributed by atoms with Gasteiger partial charge in [0.05, 0.1) is 19.4 Å². The number of piperidine rings is 1. The Morgan fingerprint density at radius 1 is 1.07 bits per heavy atom. The molecule has 0 aromatic carbocycles. The maximum atomic E-state index is 13.0. The number of hydrogen-bond acceptors (Lipinski definition) is 6. The van der Waals surface area contributed by atoms with Gasteiger partial charge in [0.1, 0.15) is 5.69 Å². The summed E-state index contributed by atoms with van der Waals surface area (Å²) in [6.07, 6.45) is 3.06. The van der Waals surface area contributed by atoms with Gasteiger partial charge in [-0.3, -0.25) is 9.88 Å². The molecule has 0 spiro atoms. The van der Waals surface area contributed by atoms with E-state index in [1.807, 2.05) is 6.20 Å². The van der Waals surface area contributed by atoms with Gasteiger partial charge in [-0.25, -0.2) is 9.50 Å². The van der Waals surface area contributed by atoms with Gasteiger partial charge in [0, 0.05) is 41.7 Å². The Labute approximate surface area is 170 Å². The van der Waals surface area contributed by atoms with E-state index in [1.165, 1.54) is 12.3 Å². The summed E-state index contributed by atoms with van der Waals surface area (Å²) in [7, 11) is 0. The molecule has 0 bridgehead atoms. The number of hydrogen-bond donors (Lipinski definition) is 2. The Hall–Kier alpha value is -2.56. The van der Waals surface area contributed by atoms with E-state index in [9.17, 15) is 23.4 Å². The zero-order valence-electron chi connectivity index (χ0n) is 16.2. The van der Waals surface area contributed by atoms with Gasteiger partial charge in [0.25, 0.3) is 0 Å². The first-order valence-corrected chi connectivity index (χ1v) is 9.63. The number of alkyl halides is 3. The molecular formula is C20H22F3N5O2. The van der Waals surface area contributed by atoms with Crippen molar-refractivity contribution in [1.82, 2.24) is 24.5 Å². The molecule has 7 nitrogen and oxygen atoms in total. The summed E-state index contributed by atoms with van der Waals surface area (Å²) >= 11 is 0. The molecule has 10 heteroatoms. The van der Waals surface area contributed by atoms with Crippen molar-refractivity contribution in [2.24, 2.45) is 5.41 Å². The fraction of sp³-hybridized carbons (Fsp3) is 0.450. The number of rotatable bonds is 5. The Morgan fingerprint density at radius 3 is 2.47 bits per heavy atom. The van der Waals surface area contributed by atoms with Gasteiger partial charge in [-0.15, -0.1) is 0 Å². The summed E-state index contributed by atoms with van der Waals surface area (Å²) in [5.41, 5.74) is 0.883. The number of pyridine rings is 1. The van der Waals surface area contributed by atoms with Crippen molar-refractivity contribution in [3.05, 3.63) is 48.2 Å². The first kappa shape index (κ1) is 20.7. The van der Waals surface area contributed by atoms with Crippen molar-refractivity contribution in [3.8, 4) is 11.1 Å². The number of halogens is 3. The summed E-state index contributed by atoms with van der Waals surface area (Å²) in [6.45, 7) is 2.10. The standard InChI is InChI=1S/C20H22F3N5O2/c21-20(22,23)17-7-15(1-4-24-17)16-9-26-28-11-14(8-25-18(16)28)10-27-5-2-19(12-29,13-30)3-6-27/h1,4,7-9,11,29-30H,2-3,5-6,10,12-13H2. The van der Waals surface area contributed by atoms with Gasteiger partial charge in [0.15, 0.2) is 5.65 Å². The van der Waals surface area contributed by atoms with Gasteiger partial charge in [-0.05, 0) is 43.6 Å². The molecule has 30 heavy (non-hydrogen) atoms. The Kier molecular flexibility index (Phi) is 5.48. The van der Waals surface area contributed by atoms with Crippen LogP contribution in [0.3, 0.4) is 0 Å². The van der Waals surface area contributed by atoms with E-state index < -0.39 is 17.3 Å². The zero-order valence-corrected chi connectivity index (χ0v) is 16.2. The highest BCUT2D eigenvalue weighted by Gasteiger charge is 2.34. The van der Waals surface area contributed by atoms with Gasteiger partial charge in [0.2, 0.25) is 0 Å². The minimum Gasteiger partial charge on any atom is -0.396 e. The molecular weight excluding hydrogens is 399 g/mol. The zero-order chi connectivity index (χ0) is 21.4. The molecule has 0 amide bonds. The molecule has 0 radical (unpaired) electrons. The van der Waals surface area contributed by atoms with E-state index in [2.05, 4.69) is 20.0 Å². The lowest BCUT2D eigenvalue weighted by atomic mass is 9.80. The second kappa shape index (κ2) is 7.93. The molecule has 160 valence electrons. The first-order chi connectivity index (χ1) is 14.3. The normalized spacial score (nSPS) is 17.5. The van der Waals surface area contributed by atoms with Gasteiger partial charge >= 0.3 is 6.18 Å². The molecule has 0 atom stereocenters. The molecule has 4 heterocycles. The van der Waals surface area contributed by atoms with Crippen LogP contribution in [0.25, 0.3) is 16.8 Å². The average molecular weight is 421 g/mol. The third kappa shape index (κ3) is 4.03. The SMILES string of the molecule is OCC1(CO)CCN(Cc2cnc3c(-c4ccnc(C(F)(F)F)c4)cnn3c2)CC1. The predicted octanol–water partition coefficient (Wildman–Crippen LogP) is 2.38. The maximum absolute atomic E-state index is 13.0. The maximum Gasteiger partial charge on any atom is 0.433 e. The lowest BCUT2D eigenvalue weighted by molar-refractivity contribution is -0.141. The average Bonchev–Trinajstić information content (AvgIpc) is 3.17. The van der Waals surface area contributed by atoms with Gasteiger partial charge in [-0.1, -0.05) is 0 Å². The Bertz CT molecular complexity index is 1020. The molecule has 0 unspecified atom stereocenters. The van der Waals surface area contributed by atoms with Crippen molar-refractivity contribution in [1.29, 1.82) is 0 Å². The van der Waals surface area contributed by atoms with E-state index in [4.69, 9.17) is 0 Å². The van der Waals surface area contributed by atoms with E-state index in [0.29, 0.717) is 36.2 Å². The highest BCUT2D eigenvalue weighted by molar-refractivity contribution is 5.76. The summed E-state index contributed by atoms with van der Waals surface area (Å²) in [6, 6.07) is 2.50. The minimum absolute atomic E-state index is 0.0218. The first-order valence-electron chi connectivity index (χ1n) is 9.63. The van der Waals surface area contributed by atoms with E-state index in [-0.39, 0.29) is 13.2 Å². The number of fused-ring (bicyclic) bond motifs is 1. The van der Waals surface area contributed by atoms with Crippen LogP contribution < -0.4 is 0 Å². The van der Waals surface area contributed by atoms with Gasteiger partial charge < -0.3 is 10.2 Å². The number of likely N-dealkylation sites (tertiary alicyclic amines) is 1. The number of aliphatic hydroxyl groups excluding tert-OH is 2. The fourth-order valence-corrected chi connectivity index (χ4v) is 3.76. The Morgan fingerprint density at radius 2 is 1.80 bits per heavy atom. The van der Waals surface area contributed by atoms with Crippen molar-refractivity contribution < 1.29 is 23.4 Å². The van der Waals surface area contributed by atoms with Crippen molar-refractivity contribution >= 4 is 5.65 Å². The minimum atomic E-state index is -4.52. The summed E-state index contributed by atoms with van der Waals surface area (Å²) in [5.74, 6) is 0. The van der Waals surface area contributed by atoms with Crippen LogP contribution in [0.1, 0.15) is 24.1 Å². The smallest absolute Gasteiger partial charge is 0.396 e. The van der Waals surface area contributed by atoms with Crippen LogP contribution >= 0.6 is 0 Å². The topological polar surface area (TPSA) is 86.8 Å². The fourth-order valence-electron chi connectivity index (χ4n) is 3.76. The van der Waals surface area contributed by atoms with Crippen LogP contribution in [0.2, 0.25) is 0 Å². The molecule has 1 aliphatic rings.